The summed E-state index contributed by atoms with van der Waals surface area (Å²) in [6.45, 7) is 1.91. The molecule has 1 aromatic carbocycles. The number of rotatable bonds is 2. The minimum Gasteiger partial charge on any atom is -0.342 e. The van der Waals surface area contributed by atoms with Gasteiger partial charge < -0.3 is 4.90 Å². The summed E-state index contributed by atoms with van der Waals surface area (Å²) in [7, 11) is 0. The molecule has 0 atom stereocenters. The van der Waals surface area contributed by atoms with E-state index >= 15 is 0 Å². The zero-order valence-corrected chi connectivity index (χ0v) is 10.7. The van der Waals surface area contributed by atoms with Crippen LogP contribution in [0.4, 0.5) is 5.95 Å². The van der Waals surface area contributed by atoms with E-state index < -0.39 is 0 Å². The summed E-state index contributed by atoms with van der Waals surface area (Å²) in [6.07, 6.45) is 2.30. The van der Waals surface area contributed by atoms with Gasteiger partial charge in [0.05, 0.1) is 11.0 Å². The van der Waals surface area contributed by atoms with Crippen LogP contribution in [-0.2, 0) is 0 Å². The molecule has 0 saturated carbocycles. The number of fused-ring (bicyclic) bond motifs is 1. The Morgan fingerprint density at radius 1 is 1.28 bits per heavy atom. The quantitative estimate of drug-likeness (QED) is 0.782. The molecule has 4 nitrogen and oxygen atoms in total. The van der Waals surface area contributed by atoms with E-state index in [1.165, 1.54) is 0 Å². The monoisotopic (exact) mass is 263 g/mol. The normalized spacial score (nSPS) is 15.5. The molecule has 3 rings (SSSR count). The first-order valence-corrected chi connectivity index (χ1v) is 6.66. The summed E-state index contributed by atoms with van der Waals surface area (Å²) in [5.41, 5.74) is 1.68. The predicted molar refractivity (Wildman–Crippen MR) is 72.5 cm³/mol. The van der Waals surface area contributed by atoms with E-state index in [4.69, 9.17) is 11.6 Å². The van der Waals surface area contributed by atoms with Gasteiger partial charge in [-0.05, 0) is 25.0 Å². The number of anilines is 1. The Labute approximate surface area is 110 Å². The maximum absolute atomic E-state index is 12.0. The third kappa shape index (κ3) is 1.77. The largest absolute Gasteiger partial charge is 0.342 e. The fourth-order valence-corrected chi connectivity index (χ4v) is 2.57. The number of benzene rings is 1. The fraction of sp³-hybridized carbons (Fsp3) is 0.385. The first kappa shape index (κ1) is 11.5. The molecule has 0 amide bonds. The Kier molecular flexibility index (Phi) is 2.96. The number of aromatic nitrogens is 2. The SMILES string of the molecule is O=C(CCl)n1c(N2CCCC2)nc2ccccc21. The molecule has 0 aliphatic carbocycles. The van der Waals surface area contributed by atoms with Crippen molar-refractivity contribution in [1.29, 1.82) is 0 Å². The van der Waals surface area contributed by atoms with Crippen molar-refractivity contribution < 1.29 is 4.79 Å². The van der Waals surface area contributed by atoms with E-state index in [1.807, 2.05) is 24.3 Å². The second-order valence-corrected chi connectivity index (χ2v) is 4.72. The number of imidazole rings is 1. The van der Waals surface area contributed by atoms with Crippen molar-refractivity contribution in [3.05, 3.63) is 24.3 Å². The minimum absolute atomic E-state index is 0.0266. The lowest BCUT2D eigenvalue weighted by molar-refractivity contribution is 0.0946. The van der Waals surface area contributed by atoms with Crippen molar-refractivity contribution in [2.24, 2.45) is 0 Å². The standard InChI is InChI=1S/C13H14ClN3O/c14-9-12(18)17-11-6-2-1-5-10(11)15-13(17)16-7-3-4-8-16/h1-2,5-6H,3-4,7-9H2. The molecule has 1 saturated heterocycles. The zero-order valence-electron chi connectivity index (χ0n) is 9.97. The Morgan fingerprint density at radius 3 is 2.72 bits per heavy atom. The predicted octanol–water partition coefficient (Wildman–Crippen LogP) is 2.52. The average molecular weight is 264 g/mol. The van der Waals surface area contributed by atoms with Gasteiger partial charge in [0.2, 0.25) is 11.9 Å². The van der Waals surface area contributed by atoms with Crippen LogP contribution in [-0.4, -0.2) is 34.4 Å². The van der Waals surface area contributed by atoms with Crippen LogP contribution < -0.4 is 4.90 Å². The topological polar surface area (TPSA) is 38.1 Å². The van der Waals surface area contributed by atoms with Crippen LogP contribution in [0.2, 0.25) is 0 Å². The molecule has 0 N–H and O–H groups in total. The number of hydrogen-bond donors (Lipinski definition) is 0. The van der Waals surface area contributed by atoms with Crippen LogP contribution in [0.3, 0.4) is 0 Å². The molecule has 1 aromatic heterocycles. The van der Waals surface area contributed by atoms with E-state index in [-0.39, 0.29) is 11.8 Å². The summed E-state index contributed by atoms with van der Waals surface area (Å²) < 4.78 is 1.65. The highest BCUT2D eigenvalue weighted by molar-refractivity contribution is 6.28. The number of alkyl halides is 1. The molecular formula is C13H14ClN3O. The van der Waals surface area contributed by atoms with Crippen molar-refractivity contribution in [1.82, 2.24) is 9.55 Å². The maximum Gasteiger partial charge on any atom is 0.248 e. The lowest BCUT2D eigenvalue weighted by Crippen LogP contribution is -2.25. The minimum atomic E-state index is -0.118. The van der Waals surface area contributed by atoms with Gasteiger partial charge in [-0.1, -0.05) is 12.1 Å². The van der Waals surface area contributed by atoms with Gasteiger partial charge in [0.1, 0.15) is 5.88 Å². The molecule has 0 bridgehead atoms. The lowest BCUT2D eigenvalue weighted by Gasteiger charge is -2.17. The van der Waals surface area contributed by atoms with Crippen molar-refractivity contribution in [2.45, 2.75) is 12.8 Å². The summed E-state index contributed by atoms with van der Waals surface area (Å²) in [6, 6.07) is 7.67. The van der Waals surface area contributed by atoms with E-state index in [2.05, 4.69) is 9.88 Å². The number of halogens is 1. The van der Waals surface area contributed by atoms with Crippen molar-refractivity contribution in [3.63, 3.8) is 0 Å². The number of carbonyl (C=O) groups excluding carboxylic acids is 1. The highest BCUT2D eigenvalue weighted by Gasteiger charge is 2.22. The highest BCUT2D eigenvalue weighted by Crippen LogP contribution is 2.25. The molecular weight excluding hydrogens is 250 g/mol. The number of para-hydroxylation sites is 2. The van der Waals surface area contributed by atoms with Crippen LogP contribution in [0.15, 0.2) is 24.3 Å². The molecule has 0 spiro atoms. The molecule has 0 unspecified atom stereocenters. The summed E-state index contributed by atoms with van der Waals surface area (Å²) in [5, 5.41) is 0. The molecule has 1 fully saturated rings. The Hall–Kier alpha value is -1.55. The van der Waals surface area contributed by atoms with Gasteiger partial charge in [0.15, 0.2) is 0 Å². The number of nitrogens with zero attached hydrogens (tertiary/aromatic N) is 3. The van der Waals surface area contributed by atoms with Gasteiger partial charge >= 0.3 is 0 Å². The van der Waals surface area contributed by atoms with Gasteiger partial charge in [0.25, 0.3) is 0 Å². The van der Waals surface area contributed by atoms with Crippen molar-refractivity contribution in [2.75, 3.05) is 23.9 Å². The molecule has 2 aromatic rings. The average Bonchev–Trinajstić information content (AvgIpc) is 3.04. The molecule has 1 aliphatic rings. The van der Waals surface area contributed by atoms with E-state index in [0.29, 0.717) is 0 Å². The molecule has 2 heterocycles. The van der Waals surface area contributed by atoms with E-state index in [9.17, 15) is 4.79 Å². The maximum atomic E-state index is 12.0. The van der Waals surface area contributed by atoms with Gasteiger partial charge in [0, 0.05) is 13.1 Å². The van der Waals surface area contributed by atoms with Gasteiger partial charge in [-0.15, -0.1) is 11.6 Å². The number of carbonyl (C=O) groups is 1. The molecule has 5 heteroatoms. The highest BCUT2D eigenvalue weighted by atomic mass is 35.5. The van der Waals surface area contributed by atoms with Crippen LogP contribution in [0, 0.1) is 0 Å². The summed E-state index contributed by atoms with van der Waals surface area (Å²) >= 11 is 5.71. The fourth-order valence-electron chi connectivity index (χ4n) is 2.45. The second-order valence-electron chi connectivity index (χ2n) is 4.46. The van der Waals surface area contributed by atoms with Gasteiger partial charge in [-0.3, -0.25) is 4.79 Å². The summed E-state index contributed by atoms with van der Waals surface area (Å²) in [4.78, 5) is 18.8. The van der Waals surface area contributed by atoms with E-state index in [1.54, 1.807) is 4.57 Å². The Morgan fingerprint density at radius 2 is 2.00 bits per heavy atom. The smallest absolute Gasteiger partial charge is 0.248 e. The Bertz CT molecular complexity index is 587. The van der Waals surface area contributed by atoms with Crippen LogP contribution in [0.25, 0.3) is 11.0 Å². The molecule has 1 aliphatic heterocycles. The van der Waals surface area contributed by atoms with Crippen molar-refractivity contribution >= 4 is 34.5 Å². The van der Waals surface area contributed by atoms with Crippen LogP contribution in [0.1, 0.15) is 17.6 Å². The third-order valence-electron chi connectivity index (χ3n) is 3.30. The number of hydrogen-bond acceptors (Lipinski definition) is 3. The first-order chi connectivity index (χ1) is 8.81. The van der Waals surface area contributed by atoms with Crippen LogP contribution in [0.5, 0.6) is 0 Å². The first-order valence-electron chi connectivity index (χ1n) is 6.13. The zero-order chi connectivity index (χ0) is 12.5. The van der Waals surface area contributed by atoms with Crippen molar-refractivity contribution in [3.8, 4) is 0 Å². The molecule has 18 heavy (non-hydrogen) atoms. The molecule has 94 valence electrons. The third-order valence-corrected chi connectivity index (χ3v) is 3.52. The van der Waals surface area contributed by atoms with Crippen LogP contribution >= 0.6 is 11.6 Å². The van der Waals surface area contributed by atoms with E-state index in [0.717, 1.165) is 42.9 Å². The second kappa shape index (κ2) is 4.61. The van der Waals surface area contributed by atoms with Gasteiger partial charge in [-0.2, -0.15) is 0 Å². The lowest BCUT2D eigenvalue weighted by atomic mass is 10.3. The van der Waals surface area contributed by atoms with Gasteiger partial charge in [-0.25, -0.2) is 9.55 Å². The summed E-state index contributed by atoms with van der Waals surface area (Å²) in [5.74, 6) is 0.591. The molecule has 0 radical (unpaired) electrons. The Balaban J connectivity index is 2.19.